The number of phosphoric ester groups is 1. The molecule has 0 aliphatic carbocycles. The van der Waals surface area contributed by atoms with Crippen LogP contribution < -0.4 is 4.89 Å². The molecule has 9 heteroatoms. The van der Waals surface area contributed by atoms with Crippen molar-refractivity contribution in [1.29, 1.82) is 0 Å². The number of aliphatic hydroxyl groups excluding tert-OH is 1. The summed E-state index contributed by atoms with van der Waals surface area (Å²) in [6, 6.07) is 32.3. The van der Waals surface area contributed by atoms with Crippen LogP contribution in [0.1, 0.15) is 81.4 Å². The van der Waals surface area contributed by atoms with E-state index in [-0.39, 0.29) is 18.9 Å². The number of quaternary nitrogens is 1. The fraction of sp³-hybridized carbons (Fsp3) is 0.426. The summed E-state index contributed by atoms with van der Waals surface area (Å²) in [5.41, 5.74) is 3.17. The molecule has 0 saturated carbocycles. The smallest absolute Gasteiger partial charge is 0.306 e. The number of allylic oxidation sites excluding steroid dienone is 8. The van der Waals surface area contributed by atoms with Crippen LogP contribution in [0.15, 0.2) is 140 Å². The highest BCUT2D eigenvalue weighted by Gasteiger charge is 2.41. The zero-order valence-corrected chi connectivity index (χ0v) is 34.8. The maximum absolute atomic E-state index is 12.4. The summed E-state index contributed by atoms with van der Waals surface area (Å²) < 4.78 is 27.6. The highest BCUT2D eigenvalue weighted by molar-refractivity contribution is 7.45. The van der Waals surface area contributed by atoms with Gasteiger partial charge in [-0.25, -0.2) is 0 Å². The van der Waals surface area contributed by atoms with Crippen LogP contribution in [0.4, 0.5) is 0 Å². The lowest BCUT2D eigenvalue weighted by atomic mass is 9.61. The molecule has 3 rings (SSSR count). The van der Waals surface area contributed by atoms with Gasteiger partial charge in [0.15, 0.2) is 0 Å². The maximum Gasteiger partial charge on any atom is 0.306 e. The Labute approximate surface area is 336 Å². The number of carbonyl (C=O) groups excluding carboxylic acids is 1. The maximum atomic E-state index is 12.4. The van der Waals surface area contributed by atoms with Crippen molar-refractivity contribution in [2.75, 3.05) is 47.5 Å². The third-order valence-corrected chi connectivity index (χ3v) is 10.4. The van der Waals surface area contributed by atoms with Gasteiger partial charge in [-0.05, 0) is 55.2 Å². The van der Waals surface area contributed by atoms with Gasteiger partial charge in [0.25, 0.3) is 7.82 Å². The highest BCUT2D eigenvalue weighted by Crippen LogP contribution is 2.47. The fourth-order valence-corrected chi connectivity index (χ4v) is 7.18. The predicted molar refractivity (Wildman–Crippen MR) is 226 cm³/mol. The molecule has 2 unspecified atom stereocenters. The van der Waals surface area contributed by atoms with Crippen LogP contribution in [0.5, 0.6) is 0 Å². The molecule has 0 fully saturated rings. The Balaban J connectivity index is 1.68. The second kappa shape index (κ2) is 25.4. The van der Waals surface area contributed by atoms with Crippen LogP contribution >= 0.6 is 7.82 Å². The minimum Gasteiger partial charge on any atom is -0.756 e. The topological polar surface area (TPSA) is 105 Å². The van der Waals surface area contributed by atoms with E-state index in [1.165, 1.54) is 36.0 Å². The number of hydrogen-bond donors (Lipinski definition) is 1. The molecule has 0 spiro atoms. The molecule has 0 saturated heterocycles. The van der Waals surface area contributed by atoms with Gasteiger partial charge in [0, 0.05) is 12.3 Å². The number of likely N-dealkylation sites (N-methyl/N-ethyl adjacent to an activating group) is 1. The van der Waals surface area contributed by atoms with Crippen LogP contribution in [-0.2, 0) is 28.6 Å². The number of ether oxygens (including phenoxy) is 1. The first-order valence-corrected chi connectivity index (χ1v) is 21.5. The zero-order chi connectivity index (χ0) is 40.5. The average Bonchev–Trinajstić information content (AvgIpc) is 3.19. The molecule has 3 aromatic carbocycles. The van der Waals surface area contributed by atoms with E-state index in [1.807, 2.05) is 21.1 Å². The van der Waals surface area contributed by atoms with Crippen molar-refractivity contribution in [3.05, 3.63) is 156 Å². The molecule has 0 aliphatic rings. The quantitative estimate of drug-likeness (QED) is 0.0205. The highest BCUT2D eigenvalue weighted by atomic mass is 31.2. The van der Waals surface area contributed by atoms with Crippen molar-refractivity contribution < 1.29 is 37.6 Å². The second-order valence-corrected chi connectivity index (χ2v) is 16.4. The lowest BCUT2D eigenvalue weighted by Crippen LogP contribution is -2.37. The first-order valence-electron chi connectivity index (χ1n) is 20.0. The van der Waals surface area contributed by atoms with E-state index in [4.69, 9.17) is 13.8 Å². The molecule has 3 atom stereocenters. The minimum atomic E-state index is -4.59. The Bertz CT molecular complexity index is 1590. The van der Waals surface area contributed by atoms with Crippen molar-refractivity contribution in [3.8, 4) is 0 Å². The van der Waals surface area contributed by atoms with Crippen molar-refractivity contribution in [2.24, 2.45) is 5.92 Å². The van der Waals surface area contributed by atoms with Gasteiger partial charge in [-0.15, -0.1) is 0 Å². The Morgan fingerprint density at radius 1 is 0.750 bits per heavy atom. The zero-order valence-electron chi connectivity index (χ0n) is 33.9. The van der Waals surface area contributed by atoms with Crippen molar-refractivity contribution in [1.82, 2.24) is 0 Å². The van der Waals surface area contributed by atoms with Gasteiger partial charge in [-0.3, -0.25) is 9.36 Å². The molecule has 0 radical (unpaired) electrons. The van der Waals surface area contributed by atoms with Gasteiger partial charge in [-0.2, -0.15) is 0 Å². The predicted octanol–water partition coefficient (Wildman–Crippen LogP) is 9.50. The van der Waals surface area contributed by atoms with E-state index in [2.05, 4.69) is 147 Å². The molecule has 304 valence electrons. The molecular weight excluding hydrogens is 721 g/mol. The Hall–Kier alpha value is -3.88. The summed E-state index contributed by atoms with van der Waals surface area (Å²) in [6.07, 6.45) is 24.5. The largest absolute Gasteiger partial charge is 0.756 e. The molecule has 8 nitrogen and oxygen atoms in total. The number of carbonyl (C=O) groups is 1. The molecule has 3 aromatic rings. The summed E-state index contributed by atoms with van der Waals surface area (Å²) in [6.45, 7) is 1.58. The van der Waals surface area contributed by atoms with Crippen LogP contribution in [-0.4, -0.2) is 69.2 Å². The molecule has 0 heterocycles. The van der Waals surface area contributed by atoms with E-state index in [1.54, 1.807) is 0 Å². The summed E-state index contributed by atoms with van der Waals surface area (Å²) in [5.74, 6) is -0.531. The molecular formula is C47H64NO7P. The first kappa shape index (κ1) is 46.5. The van der Waals surface area contributed by atoms with Gasteiger partial charge in [0.05, 0.1) is 39.8 Å². The van der Waals surface area contributed by atoms with Crippen molar-refractivity contribution >= 4 is 13.8 Å². The van der Waals surface area contributed by atoms with Gasteiger partial charge in [-0.1, -0.05) is 159 Å². The number of unbranched alkanes of at least 4 members (excludes halogenated alkanes) is 4. The van der Waals surface area contributed by atoms with Crippen LogP contribution in [0.25, 0.3) is 0 Å². The van der Waals surface area contributed by atoms with Gasteiger partial charge >= 0.3 is 5.97 Å². The third kappa shape index (κ3) is 16.7. The number of aliphatic hydroxyl groups is 1. The molecule has 1 N–H and O–H groups in total. The Morgan fingerprint density at radius 3 is 1.71 bits per heavy atom. The summed E-state index contributed by atoms with van der Waals surface area (Å²) in [5, 5.41) is 9.62. The number of benzene rings is 3. The van der Waals surface area contributed by atoms with Crippen LogP contribution in [0.2, 0.25) is 0 Å². The van der Waals surface area contributed by atoms with E-state index in [0.717, 1.165) is 19.3 Å². The third-order valence-electron chi connectivity index (χ3n) is 9.41. The van der Waals surface area contributed by atoms with Crippen molar-refractivity contribution in [2.45, 2.75) is 76.2 Å². The first-order chi connectivity index (χ1) is 27.0. The number of hydrogen-bond acceptors (Lipinski definition) is 7. The van der Waals surface area contributed by atoms with Crippen LogP contribution in [0, 0.1) is 5.92 Å². The summed E-state index contributed by atoms with van der Waals surface area (Å²) in [4.78, 5) is 24.5. The molecule has 0 amide bonds. The van der Waals surface area contributed by atoms with E-state index in [0.29, 0.717) is 23.9 Å². The SMILES string of the molecule is CCCCC/C=C\C/C=C\C(/C=C\C/C=C\CCCC(=O)O[C@H](CO)COP(=O)([O-])OCC[N+](C)(C)C)C(c1ccccc1)(c1ccccc1)c1ccccc1. The lowest BCUT2D eigenvalue weighted by molar-refractivity contribution is -0.870. The van der Waals surface area contributed by atoms with Gasteiger partial charge in [0.2, 0.25) is 0 Å². The Morgan fingerprint density at radius 2 is 1.25 bits per heavy atom. The number of esters is 1. The van der Waals surface area contributed by atoms with Crippen molar-refractivity contribution in [3.63, 3.8) is 0 Å². The normalized spacial score (nSPS) is 14.8. The summed E-state index contributed by atoms with van der Waals surface area (Å²) >= 11 is 0. The molecule has 0 aromatic heterocycles. The van der Waals surface area contributed by atoms with Crippen LogP contribution in [0.3, 0.4) is 0 Å². The Kier molecular flexibility index (Phi) is 21.1. The monoisotopic (exact) mass is 785 g/mol. The minimum absolute atomic E-state index is 0.000337. The molecule has 0 aliphatic heterocycles. The second-order valence-electron chi connectivity index (χ2n) is 15.0. The molecule has 56 heavy (non-hydrogen) atoms. The fourth-order valence-electron chi connectivity index (χ4n) is 6.45. The van der Waals surface area contributed by atoms with Gasteiger partial charge < -0.3 is 28.3 Å². The average molecular weight is 786 g/mol. The lowest BCUT2D eigenvalue weighted by Gasteiger charge is -2.40. The standard InChI is InChI=1S/C47H64NO7P/c1-5-6-7-8-9-10-13-19-28-41(47(42-30-21-16-22-31-42,43-32-23-17-24-33-43)44-34-25-18-26-35-44)29-20-14-11-12-15-27-36-46(50)55-45(39-49)40-54-56(51,52)53-38-37-48(2,3)4/h9-12,16-26,28-35,41,45,49H,5-8,13-15,27,36-40H2,1-4H3/b10-9-,12-11-,28-19-,29-20-/t41?,45-/m1/s1. The van der Waals surface area contributed by atoms with E-state index >= 15 is 0 Å². The van der Waals surface area contributed by atoms with E-state index < -0.39 is 38.5 Å². The number of rotatable bonds is 27. The number of phosphoric acid groups is 1. The summed E-state index contributed by atoms with van der Waals surface area (Å²) in [7, 11) is 1.14. The van der Waals surface area contributed by atoms with E-state index in [9.17, 15) is 19.4 Å². The van der Waals surface area contributed by atoms with Gasteiger partial charge in [0.1, 0.15) is 19.3 Å². The number of nitrogens with zero attached hydrogens (tertiary/aromatic N) is 1. The molecule has 0 bridgehead atoms.